The third-order valence-electron chi connectivity index (χ3n) is 5.22. The van der Waals surface area contributed by atoms with Crippen LogP contribution in [0.3, 0.4) is 0 Å². The number of hydrogen-bond acceptors (Lipinski definition) is 6. The zero-order valence-corrected chi connectivity index (χ0v) is 19.8. The first-order chi connectivity index (χ1) is 16.9. The molecule has 0 saturated heterocycles. The molecule has 8 nitrogen and oxygen atoms in total. The number of anilines is 1. The van der Waals surface area contributed by atoms with E-state index in [2.05, 4.69) is 5.32 Å². The topological polar surface area (TPSA) is 94.2 Å². The Morgan fingerprint density at radius 3 is 2.43 bits per heavy atom. The van der Waals surface area contributed by atoms with Crippen molar-refractivity contribution in [1.82, 2.24) is 5.32 Å². The van der Waals surface area contributed by atoms with E-state index in [1.165, 1.54) is 36.4 Å². The van der Waals surface area contributed by atoms with E-state index >= 15 is 0 Å². The number of sulfonamides is 1. The van der Waals surface area contributed by atoms with Gasteiger partial charge in [-0.1, -0.05) is 12.1 Å². The Hall–Kier alpha value is -3.79. The molecule has 3 aromatic rings. The number of hydrogen-bond donors (Lipinski definition) is 1. The number of ether oxygens (including phenoxy) is 3. The number of carbonyl (C=O) groups excluding carboxylic acids is 1. The Morgan fingerprint density at radius 1 is 1.06 bits per heavy atom. The average Bonchev–Trinajstić information content (AvgIpc) is 2.87. The van der Waals surface area contributed by atoms with Crippen molar-refractivity contribution in [2.75, 3.05) is 30.6 Å². The van der Waals surface area contributed by atoms with Crippen LogP contribution in [0.2, 0.25) is 0 Å². The van der Waals surface area contributed by atoms with Crippen molar-refractivity contribution < 1.29 is 31.8 Å². The minimum Gasteiger partial charge on any atom is -0.494 e. The second-order valence-corrected chi connectivity index (χ2v) is 9.56. The Bertz CT molecular complexity index is 1270. The van der Waals surface area contributed by atoms with Gasteiger partial charge in [-0.15, -0.1) is 0 Å². The second-order valence-electron chi connectivity index (χ2n) is 7.69. The van der Waals surface area contributed by atoms with E-state index in [4.69, 9.17) is 14.2 Å². The normalized spacial score (nSPS) is 14.7. The van der Waals surface area contributed by atoms with E-state index in [-0.39, 0.29) is 23.7 Å². The van der Waals surface area contributed by atoms with Crippen LogP contribution in [-0.2, 0) is 14.8 Å². The molecule has 0 spiro atoms. The van der Waals surface area contributed by atoms with E-state index in [1.54, 1.807) is 12.1 Å². The van der Waals surface area contributed by atoms with Gasteiger partial charge in [-0.05, 0) is 67.6 Å². The van der Waals surface area contributed by atoms with Crippen LogP contribution in [0.25, 0.3) is 0 Å². The molecule has 0 aromatic heterocycles. The van der Waals surface area contributed by atoms with Gasteiger partial charge >= 0.3 is 0 Å². The molecule has 1 unspecified atom stereocenters. The molecule has 1 amide bonds. The summed E-state index contributed by atoms with van der Waals surface area (Å²) in [4.78, 5) is 12.8. The first-order valence-corrected chi connectivity index (χ1v) is 12.5. The number of fused-ring (bicyclic) bond motifs is 1. The molecular weight excluding hydrogens is 475 g/mol. The Balaban J connectivity index is 1.49. The molecule has 0 saturated carbocycles. The van der Waals surface area contributed by atoms with Crippen LogP contribution in [0.4, 0.5) is 10.1 Å². The van der Waals surface area contributed by atoms with Crippen LogP contribution in [-0.4, -0.2) is 46.7 Å². The second kappa shape index (κ2) is 10.6. The smallest absolute Gasteiger partial charge is 0.264 e. The summed E-state index contributed by atoms with van der Waals surface area (Å²) in [5.74, 6) is 0.648. The van der Waals surface area contributed by atoms with Gasteiger partial charge in [0.05, 0.1) is 23.7 Å². The third kappa shape index (κ3) is 5.83. The maximum Gasteiger partial charge on any atom is 0.264 e. The molecule has 0 bridgehead atoms. The summed E-state index contributed by atoms with van der Waals surface area (Å²) in [7, 11) is -4.14. The van der Waals surface area contributed by atoms with Gasteiger partial charge in [0.15, 0.2) is 11.5 Å². The molecule has 0 fully saturated rings. The van der Waals surface area contributed by atoms with E-state index in [0.29, 0.717) is 23.9 Å². The first kappa shape index (κ1) is 24.3. The SMILES string of the molecule is CCOc1ccc(S(=O)(=O)N(CC(=O)NCC2COc3ccccc3O2)c2ccc(F)cc2)cc1. The fourth-order valence-electron chi connectivity index (χ4n) is 3.50. The van der Waals surface area contributed by atoms with Crippen LogP contribution in [0.15, 0.2) is 77.7 Å². The standard InChI is InChI=1S/C25H25FN2O6S/c1-2-32-20-11-13-22(14-12-20)35(30,31)28(19-9-7-18(26)8-10-19)16-25(29)27-15-21-17-33-23-5-3-4-6-24(23)34-21/h3-14,21H,2,15-17H2,1H3,(H,27,29). The lowest BCUT2D eigenvalue weighted by Crippen LogP contribution is -2.45. The monoisotopic (exact) mass is 500 g/mol. The van der Waals surface area contributed by atoms with Crippen molar-refractivity contribution in [2.24, 2.45) is 0 Å². The predicted molar refractivity (Wildman–Crippen MR) is 128 cm³/mol. The molecule has 1 N–H and O–H groups in total. The number of para-hydroxylation sites is 2. The molecule has 1 heterocycles. The molecule has 1 atom stereocenters. The van der Waals surface area contributed by atoms with Crippen molar-refractivity contribution in [1.29, 1.82) is 0 Å². The highest BCUT2D eigenvalue weighted by molar-refractivity contribution is 7.92. The molecule has 1 aliphatic heterocycles. The number of rotatable bonds is 9. The molecule has 0 radical (unpaired) electrons. The number of nitrogens with one attached hydrogen (secondary N) is 1. The van der Waals surface area contributed by atoms with E-state index in [9.17, 15) is 17.6 Å². The van der Waals surface area contributed by atoms with Crippen LogP contribution in [0.1, 0.15) is 6.92 Å². The largest absolute Gasteiger partial charge is 0.494 e. The van der Waals surface area contributed by atoms with Gasteiger partial charge in [-0.2, -0.15) is 0 Å². The van der Waals surface area contributed by atoms with Crippen LogP contribution in [0, 0.1) is 5.82 Å². The lowest BCUT2D eigenvalue weighted by atomic mass is 10.2. The fraction of sp³-hybridized carbons (Fsp3) is 0.240. The lowest BCUT2D eigenvalue weighted by Gasteiger charge is -2.27. The predicted octanol–water partition coefficient (Wildman–Crippen LogP) is 3.38. The number of benzene rings is 3. The summed E-state index contributed by atoms with van der Waals surface area (Å²) in [6.07, 6.45) is -0.434. The van der Waals surface area contributed by atoms with Gasteiger partial charge in [-0.25, -0.2) is 12.8 Å². The highest BCUT2D eigenvalue weighted by Gasteiger charge is 2.28. The average molecular weight is 501 g/mol. The number of halogens is 1. The van der Waals surface area contributed by atoms with Crippen LogP contribution < -0.4 is 23.8 Å². The maximum atomic E-state index is 13.5. The quantitative estimate of drug-likeness (QED) is 0.484. The molecule has 4 rings (SSSR count). The van der Waals surface area contributed by atoms with Gasteiger partial charge in [-0.3, -0.25) is 9.10 Å². The highest BCUT2D eigenvalue weighted by Crippen LogP contribution is 2.30. The van der Waals surface area contributed by atoms with Crippen molar-refractivity contribution >= 4 is 21.6 Å². The van der Waals surface area contributed by atoms with Crippen molar-refractivity contribution in [3.8, 4) is 17.2 Å². The van der Waals surface area contributed by atoms with E-state index in [1.807, 2.05) is 19.1 Å². The first-order valence-electron chi connectivity index (χ1n) is 11.0. The van der Waals surface area contributed by atoms with Crippen LogP contribution >= 0.6 is 0 Å². The number of carbonyl (C=O) groups is 1. The summed E-state index contributed by atoms with van der Waals surface area (Å²) in [5.41, 5.74) is 0.154. The minimum atomic E-state index is -4.14. The lowest BCUT2D eigenvalue weighted by molar-refractivity contribution is -0.120. The van der Waals surface area contributed by atoms with E-state index < -0.39 is 34.4 Å². The summed E-state index contributed by atoms with van der Waals surface area (Å²) in [6.45, 7) is 2.11. The van der Waals surface area contributed by atoms with Gasteiger partial charge < -0.3 is 19.5 Å². The summed E-state index contributed by atoms with van der Waals surface area (Å²) in [5, 5.41) is 2.70. The molecule has 1 aliphatic rings. The van der Waals surface area contributed by atoms with Gasteiger partial charge in [0.25, 0.3) is 10.0 Å². The van der Waals surface area contributed by atoms with Gasteiger partial charge in [0, 0.05) is 0 Å². The summed E-state index contributed by atoms with van der Waals surface area (Å²) < 4.78 is 58.1. The van der Waals surface area contributed by atoms with Crippen molar-refractivity contribution in [3.05, 3.63) is 78.6 Å². The van der Waals surface area contributed by atoms with Crippen molar-refractivity contribution in [3.63, 3.8) is 0 Å². The molecule has 184 valence electrons. The highest BCUT2D eigenvalue weighted by atomic mass is 32.2. The zero-order chi connectivity index (χ0) is 24.8. The number of amides is 1. The van der Waals surface area contributed by atoms with Gasteiger partial charge in [0.2, 0.25) is 5.91 Å². The Morgan fingerprint density at radius 2 is 1.74 bits per heavy atom. The molecule has 3 aromatic carbocycles. The fourth-order valence-corrected chi connectivity index (χ4v) is 4.92. The Labute approximate surface area is 203 Å². The zero-order valence-electron chi connectivity index (χ0n) is 19.0. The molecule has 0 aliphatic carbocycles. The third-order valence-corrected chi connectivity index (χ3v) is 7.01. The van der Waals surface area contributed by atoms with E-state index in [0.717, 1.165) is 16.4 Å². The molecule has 35 heavy (non-hydrogen) atoms. The molecule has 10 heteroatoms. The molecular formula is C25H25FN2O6S. The Kier molecular flexibility index (Phi) is 7.40. The van der Waals surface area contributed by atoms with Crippen LogP contribution in [0.5, 0.6) is 17.2 Å². The summed E-state index contributed by atoms with van der Waals surface area (Å²) >= 11 is 0. The maximum absolute atomic E-state index is 13.5. The minimum absolute atomic E-state index is 0.0290. The van der Waals surface area contributed by atoms with Gasteiger partial charge in [0.1, 0.15) is 30.8 Å². The number of nitrogens with zero attached hydrogens (tertiary/aromatic N) is 1. The van der Waals surface area contributed by atoms with Crippen molar-refractivity contribution in [2.45, 2.75) is 17.9 Å². The summed E-state index contributed by atoms with van der Waals surface area (Å²) in [6, 6.07) is 18.0.